The van der Waals surface area contributed by atoms with E-state index in [0.29, 0.717) is 5.75 Å². The van der Waals surface area contributed by atoms with E-state index in [1.54, 1.807) is 6.92 Å². The Bertz CT molecular complexity index is 515. The van der Waals surface area contributed by atoms with Crippen LogP contribution < -0.4 is 5.32 Å². The lowest BCUT2D eigenvalue weighted by Crippen LogP contribution is -2.34. The van der Waals surface area contributed by atoms with Crippen LogP contribution in [0.25, 0.3) is 0 Å². The van der Waals surface area contributed by atoms with Crippen LogP contribution >= 0.6 is 11.8 Å². The number of rotatable bonds is 7. The molecule has 0 aliphatic carbocycles. The summed E-state index contributed by atoms with van der Waals surface area (Å²) in [7, 11) is 0. The molecule has 0 radical (unpaired) electrons. The largest absolute Gasteiger partial charge is 0.456 e. The summed E-state index contributed by atoms with van der Waals surface area (Å²) in [6.07, 6.45) is -0.663. The highest BCUT2D eigenvalue weighted by molar-refractivity contribution is 7.99. The van der Waals surface area contributed by atoms with Gasteiger partial charge in [-0.3, -0.25) is 14.9 Å². The molecule has 0 atom stereocenters. The number of carbonyl (C=O) groups excluding carboxylic acids is 3. The highest BCUT2D eigenvalue weighted by atomic mass is 32.2. The van der Waals surface area contributed by atoms with Crippen molar-refractivity contribution < 1.29 is 23.9 Å². The van der Waals surface area contributed by atoms with E-state index in [1.807, 2.05) is 36.5 Å². The van der Waals surface area contributed by atoms with Crippen LogP contribution in [-0.2, 0) is 19.1 Å². The second-order valence-electron chi connectivity index (χ2n) is 4.34. The van der Waals surface area contributed by atoms with E-state index in [-0.39, 0.29) is 13.0 Å². The van der Waals surface area contributed by atoms with Gasteiger partial charge in [0.05, 0.1) is 13.0 Å². The molecule has 0 bridgehead atoms. The van der Waals surface area contributed by atoms with Crippen LogP contribution in [0.1, 0.15) is 18.9 Å². The van der Waals surface area contributed by atoms with Crippen molar-refractivity contribution in [2.75, 3.05) is 19.0 Å². The molecule has 0 aromatic heterocycles. The van der Waals surface area contributed by atoms with Crippen molar-refractivity contribution in [1.29, 1.82) is 0 Å². The summed E-state index contributed by atoms with van der Waals surface area (Å²) in [5.74, 6) is -0.641. The van der Waals surface area contributed by atoms with E-state index < -0.39 is 24.6 Å². The summed E-state index contributed by atoms with van der Waals surface area (Å²) in [6, 6.07) is 7.97. The molecule has 0 fully saturated rings. The summed E-state index contributed by atoms with van der Waals surface area (Å²) in [4.78, 5) is 34.8. The lowest BCUT2D eigenvalue weighted by atomic mass is 10.2. The molecule has 0 aliphatic rings. The molecule has 0 heterocycles. The van der Waals surface area contributed by atoms with Crippen molar-refractivity contribution in [3.05, 3.63) is 29.8 Å². The lowest BCUT2D eigenvalue weighted by Gasteiger charge is -2.06. The Kier molecular flexibility index (Phi) is 8.06. The number of ether oxygens (including phenoxy) is 2. The first-order valence-electron chi connectivity index (χ1n) is 6.83. The van der Waals surface area contributed by atoms with Crippen molar-refractivity contribution >= 4 is 29.7 Å². The van der Waals surface area contributed by atoms with Crippen LogP contribution in [0.3, 0.4) is 0 Å². The molecule has 1 rings (SSSR count). The van der Waals surface area contributed by atoms with Gasteiger partial charge in [-0.25, -0.2) is 4.79 Å². The minimum atomic E-state index is -0.849. The number of imide groups is 1. The van der Waals surface area contributed by atoms with Crippen molar-refractivity contribution in [3.63, 3.8) is 0 Å². The van der Waals surface area contributed by atoms with E-state index in [0.717, 1.165) is 4.90 Å². The quantitative estimate of drug-likeness (QED) is 0.612. The zero-order chi connectivity index (χ0) is 16.4. The van der Waals surface area contributed by atoms with Crippen molar-refractivity contribution in [2.24, 2.45) is 0 Å². The number of esters is 1. The molecule has 6 nitrogen and oxygen atoms in total. The Morgan fingerprint density at radius 3 is 2.45 bits per heavy atom. The number of aryl methyl sites for hydroxylation is 1. The molecule has 120 valence electrons. The average Bonchev–Trinajstić information content (AvgIpc) is 2.47. The highest BCUT2D eigenvalue weighted by Gasteiger charge is 2.11. The normalized spacial score (nSPS) is 9.91. The monoisotopic (exact) mass is 325 g/mol. The average molecular weight is 325 g/mol. The molecule has 0 saturated carbocycles. The van der Waals surface area contributed by atoms with Gasteiger partial charge in [0, 0.05) is 10.6 Å². The number of carbonyl (C=O) groups is 3. The summed E-state index contributed by atoms with van der Waals surface area (Å²) in [5.41, 5.74) is 1.18. The van der Waals surface area contributed by atoms with E-state index in [1.165, 1.54) is 17.3 Å². The fourth-order valence-corrected chi connectivity index (χ4v) is 2.25. The van der Waals surface area contributed by atoms with Gasteiger partial charge in [0.15, 0.2) is 6.61 Å². The number of thioether (sulfide) groups is 1. The zero-order valence-electron chi connectivity index (χ0n) is 12.6. The first kappa shape index (κ1) is 18.0. The standard InChI is InChI=1S/C15H19NO5S/c1-3-20-15(19)16-13(17)10-21-14(18)8-9-22-12-6-4-11(2)5-7-12/h4-7H,3,8-10H2,1-2H3,(H,16,17,19). The molecule has 0 spiro atoms. The molecule has 1 aromatic rings. The third kappa shape index (κ3) is 7.68. The predicted octanol–water partition coefficient (Wildman–Crippen LogP) is 2.29. The van der Waals surface area contributed by atoms with Gasteiger partial charge in [-0.1, -0.05) is 17.7 Å². The SMILES string of the molecule is CCOC(=O)NC(=O)COC(=O)CCSc1ccc(C)cc1. The highest BCUT2D eigenvalue weighted by Crippen LogP contribution is 2.19. The second-order valence-corrected chi connectivity index (χ2v) is 5.51. The topological polar surface area (TPSA) is 81.7 Å². The summed E-state index contributed by atoms with van der Waals surface area (Å²) < 4.78 is 9.29. The van der Waals surface area contributed by atoms with Gasteiger partial charge in [0.25, 0.3) is 5.91 Å². The van der Waals surface area contributed by atoms with Gasteiger partial charge in [0.1, 0.15) is 0 Å². The molecular weight excluding hydrogens is 306 g/mol. The van der Waals surface area contributed by atoms with Crippen molar-refractivity contribution in [2.45, 2.75) is 25.2 Å². The maximum absolute atomic E-state index is 11.5. The zero-order valence-corrected chi connectivity index (χ0v) is 13.4. The second kappa shape index (κ2) is 9.83. The molecule has 1 N–H and O–H groups in total. The Morgan fingerprint density at radius 1 is 1.14 bits per heavy atom. The summed E-state index contributed by atoms with van der Waals surface area (Å²) in [6.45, 7) is 3.30. The molecule has 2 amide bonds. The van der Waals surface area contributed by atoms with Gasteiger partial charge in [0.2, 0.25) is 0 Å². The lowest BCUT2D eigenvalue weighted by molar-refractivity contribution is -0.147. The molecule has 7 heteroatoms. The van der Waals surface area contributed by atoms with Gasteiger partial charge >= 0.3 is 12.1 Å². The minimum Gasteiger partial charge on any atom is -0.456 e. The smallest absolute Gasteiger partial charge is 0.413 e. The maximum Gasteiger partial charge on any atom is 0.413 e. The molecule has 1 aromatic carbocycles. The maximum atomic E-state index is 11.5. The molecule has 0 saturated heterocycles. The Hall–Kier alpha value is -2.02. The Balaban J connectivity index is 2.16. The van der Waals surface area contributed by atoms with Crippen LogP contribution in [0.2, 0.25) is 0 Å². The number of benzene rings is 1. The van der Waals surface area contributed by atoms with Crippen LogP contribution in [0.4, 0.5) is 4.79 Å². The number of alkyl carbamates (subject to hydrolysis) is 1. The predicted molar refractivity (Wildman–Crippen MR) is 82.6 cm³/mol. The number of hydrogen-bond donors (Lipinski definition) is 1. The first-order chi connectivity index (χ1) is 10.5. The van der Waals surface area contributed by atoms with Gasteiger partial charge in [-0.2, -0.15) is 0 Å². The van der Waals surface area contributed by atoms with E-state index in [9.17, 15) is 14.4 Å². The van der Waals surface area contributed by atoms with Gasteiger partial charge in [-0.05, 0) is 26.0 Å². The van der Waals surface area contributed by atoms with E-state index in [2.05, 4.69) is 4.74 Å². The van der Waals surface area contributed by atoms with Gasteiger partial charge in [-0.15, -0.1) is 11.8 Å². The van der Waals surface area contributed by atoms with Crippen LogP contribution in [0.5, 0.6) is 0 Å². The Labute approximate surface area is 133 Å². The van der Waals surface area contributed by atoms with Crippen molar-refractivity contribution in [1.82, 2.24) is 5.32 Å². The third-order valence-electron chi connectivity index (χ3n) is 2.48. The molecule has 22 heavy (non-hydrogen) atoms. The van der Waals surface area contributed by atoms with Crippen LogP contribution in [0.15, 0.2) is 29.2 Å². The van der Waals surface area contributed by atoms with Crippen molar-refractivity contribution in [3.8, 4) is 0 Å². The summed E-state index contributed by atoms with van der Waals surface area (Å²) >= 11 is 1.53. The number of nitrogens with one attached hydrogen (secondary N) is 1. The molecule has 0 unspecified atom stereocenters. The van der Waals surface area contributed by atoms with E-state index in [4.69, 9.17) is 4.74 Å². The first-order valence-corrected chi connectivity index (χ1v) is 7.81. The van der Waals surface area contributed by atoms with Gasteiger partial charge < -0.3 is 9.47 Å². The Morgan fingerprint density at radius 2 is 1.82 bits per heavy atom. The fraction of sp³-hybridized carbons (Fsp3) is 0.400. The fourth-order valence-electron chi connectivity index (χ4n) is 1.42. The minimum absolute atomic E-state index is 0.162. The van der Waals surface area contributed by atoms with Crippen LogP contribution in [-0.4, -0.2) is 36.9 Å². The molecular formula is C15H19NO5S. The number of hydrogen-bond acceptors (Lipinski definition) is 6. The molecule has 0 aliphatic heterocycles. The van der Waals surface area contributed by atoms with E-state index >= 15 is 0 Å². The number of amides is 2. The third-order valence-corrected chi connectivity index (χ3v) is 3.49. The summed E-state index contributed by atoms with van der Waals surface area (Å²) in [5, 5.41) is 1.94. The van der Waals surface area contributed by atoms with Crippen LogP contribution in [0, 0.1) is 6.92 Å².